The highest BCUT2D eigenvalue weighted by atomic mass is 14.2. The minimum absolute atomic E-state index is 1.27. The first-order valence-corrected chi connectivity index (χ1v) is 11.7. The molecule has 6 aromatic carbocycles. The van der Waals surface area contributed by atoms with Gasteiger partial charge in [-0.15, -0.1) is 0 Å². The molecule has 0 fully saturated rings. The Morgan fingerprint density at radius 3 is 1.73 bits per heavy atom. The van der Waals surface area contributed by atoms with Crippen LogP contribution in [0.5, 0.6) is 0 Å². The van der Waals surface area contributed by atoms with E-state index in [2.05, 4.69) is 124 Å². The second kappa shape index (κ2) is 7.60. The Bertz CT molecular complexity index is 1620. The topological polar surface area (TPSA) is 0 Å². The fraction of sp³-hybridized carbons (Fsp3) is 0.0909. The summed E-state index contributed by atoms with van der Waals surface area (Å²) in [4.78, 5) is 0. The number of benzene rings is 6. The Hall–Kier alpha value is -3.90. The van der Waals surface area contributed by atoms with Crippen molar-refractivity contribution in [2.24, 2.45) is 0 Å². The molecule has 0 aliphatic carbocycles. The third kappa shape index (κ3) is 3.14. The standard InChI is InChI=1S/C33H26/c1-4-7-23-12-13-24-14-15-28-30(25-10-5-8-21(2)18-25)20-31(26-11-6-9-22(3)19-26)29-17-16-27(23)32(24)33(28)29/h4-20H,1-3H3/b7-4+. The SMILES string of the molecule is C/C=C/c1ccc2ccc3c(-c4cccc(C)c4)cc(-c4cccc(C)c4)c4ccc1c2c34. The predicted octanol–water partition coefficient (Wildman–Crippen LogP) is 9.57. The van der Waals surface area contributed by atoms with Crippen molar-refractivity contribution in [3.63, 3.8) is 0 Å². The highest BCUT2D eigenvalue weighted by Crippen LogP contribution is 2.44. The van der Waals surface area contributed by atoms with E-state index in [-0.39, 0.29) is 0 Å². The smallest absolute Gasteiger partial charge is 0.00141 e. The molecule has 0 spiro atoms. The van der Waals surface area contributed by atoms with Crippen LogP contribution in [0, 0.1) is 13.8 Å². The zero-order valence-electron chi connectivity index (χ0n) is 19.3. The maximum Gasteiger partial charge on any atom is -0.00141 e. The lowest BCUT2D eigenvalue weighted by molar-refractivity contribution is 1.46. The molecule has 0 saturated carbocycles. The predicted molar refractivity (Wildman–Crippen MR) is 145 cm³/mol. The van der Waals surface area contributed by atoms with E-state index in [4.69, 9.17) is 0 Å². The number of allylic oxidation sites excluding steroid dienone is 1. The third-order valence-electron chi connectivity index (χ3n) is 6.82. The summed E-state index contributed by atoms with van der Waals surface area (Å²) in [6, 6.07) is 33.9. The molecule has 0 heterocycles. The summed E-state index contributed by atoms with van der Waals surface area (Å²) in [5.41, 5.74) is 8.99. The Morgan fingerprint density at radius 1 is 0.545 bits per heavy atom. The molecule has 0 aliphatic heterocycles. The van der Waals surface area contributed by atoms with Gasteiger partial charge in [0.2, 0.25) is 0 Å². The van der Waals surface area contributed by atoms with Crippen molar-refractivity contribution in [3.05, 3.63) is 114 Å². The highest BCUT2D eigenvalue weighted by Gasteiger charge is 2.17. The van der Waals surface area contributed by atoms with Crippen molar-refractivity contribution in [1.82, 2.24) is 0 Å². The van der Waals surface area contributed by atoms with E-state index in [0.717, 1.165) is 0 Å². The molecule has 0 aliphatic rings. The maximum atomic E-state index is 2.40. The second-order valence-corrected chi connectivity index (χ2v) is 9.11. The van der Waals surface area contributed by atoms with Crippen molar-refractivity contribution < 1.29 is 0 Å². The van der Waals surface area contributed by atoms with Crippen LogP contribution in [-0.4, -0.2) is 0 Å². The Kier molecular flexibility index (Phi) is 4.55. The minimum Gasteiger partial charge on any atom is -0.0870 e. The molecule has 0 atom stereocenters. The third-order valence-corrected chi connectivity index (χ3v) is 6.82. The van der Waals surface area contributed by atoms with Crippen LogP contribution >= 0.6 is 0 Å². The first-order valence-electron chi connectivity index (χ1n) is 11.7. The average Bonchev–Trinajstić information content (AvgIpc) is 2.83. The van der Waals surface area contributed by atoms with E-state index in [1.54, 1.807) is 0 Å². The van der Waals surface area contributed by atoms with Crippen LogP contribution in [0.25, 0.3) is 60.6 Å². The van der Waals surface area contributed by atoms with Crippen molar-refractivity contribution in [2.45, 2.75) is 20.8 Å². The zero-order chi connectivity index (χ0) is 22.5. The summed E-state index contributed by atoms with van der Waals surface area (Å²) in [7, 11) is 0. The van der Waals surface area contributed by atoms with Crippen molar-refractivity contribution in [3.8, 4) is 22.3 Å². The largest absolute Gasteiger partial charge is 0.0870 e. The molecule has 0 bridgehead atoms. The van der Waals surface area contributed by atoms with Crippen LogP contribution < -0.4 is 0 Å². The lowest BCUT2D eigenvalue weighted by Gasteiger charge is -2.19. The lowest BCUT2D eigenvalue weighted by Crippen LogP contribution is -1.92. The van der Waals surface area contributed by atoms with Gasteiger partial charge in [0.05, 0.1) is 0 Å². The summed E-state index contributed by atoms with van der Waals surface area (Å²) >= 11 is 0. The summed E-state index contributed by atoms with van der Waals surface area (Å²) < 4.78 is 0. The molecule has 0 radical (unpaired) electrons. The fourth-order valence-electron chi connectivity index (χ4n) is 5.35. The van der Waals surface area contributed by atoms with Gasteiger partial charge in [-0.1, -0.05) is 108 Å². The van der Waals surface area contributed by atoms with Gasteiger partial charge in [0.25, 0.3) is 0 Å². The van der Waals surface area contributed by atoms with Gasteiger partial charge >= 0.3 is 0 Å². The molecule has 0 heteroatoms. The molecule has 0 aromatic heterocycles. The molecule has 6 aromatic rings. The van der Waals surface area contributed by atoms with Crippen LogP contribution in [-0.2, 0) is 0 Å². The van der Waals surface area contributed by atoms with E-state index in [1.165, 1.54) is 71.3 Å². The first-order chi connectivity index (χ1) is 16.1. The Morgan fingerprint density at radius 2 is 1.12 bits per heavy atom. The number of hydrogen-bond acceptors (Lipinski definition) is 0. The van der Waals surface area contributed by atoms with E-state index < -0.39 is 0 Å². The summed E-state index contributed by atoms with van der Waals surface area (Å²) in [6.07, 6.45) is 4.34. The second-order valence-electron chi connectivity index (χ2n) is 9.11. The molecule has 0 nitrogen and oxygen atoms in total. The molecule has 6 rings (SSSR count). The van der Waals surface area contributed by atoms with Gasteiger partial charge in [-0.05, 0) is 87.0 Å². The van der Waals surface area contributed by atoms with Crippen molar-refractivity contribution in [1.29, 1.82) is 0 Å². The van der Waals surface area contributed by atoms with Gasteiger partial charge in [-0.2, -0.15) is 0 Å². The minimum atomic E-state index is 1.27. The van der Waals surface area contributed by atoms with Crippen LogP contribution in [0.3, 0.4) is 0 Å². The fourth-order valence-corrected chi connectivity index (χ4v) is 5.35. The van der Waals surface area contributed by atoms with Gasteiger partial charge < -0.3 is 0 Å². The average molecular weight is 423 g/mol. The molecule has 0 saturated heterocycles. The van der Waals surface area contributed by atoms with Gasteiger partial charge in [0, 0.05) is 0 Å². The van der Waals surface area contributed by atoms with Gasteiger partial charge in [0.1, 0.15) is 0 Å². The zero-order valence-corrected chi connectivity index (χ0v) is 19.3. The molecule has 158 valence electrons. The van der Waals surface area contributed by atoms with Crippen LogP contribution in [0.15, 0.2) is 97.1 Å². The van der Waals surface area contributed by atoms with Gasteiger partial charge in [0.15, 0.2) is 0 Å². The van der Waals surface area contributed by atoms with Crippen molar-refractivity contribution >= 4 is 38.4 Å². The van der Waals surface area contributed by atoms with Crippen LogP contribution in [0.1, 0.15) is 23.6 Å². The Labute approximate surface area is 195 Å². The molecular formula is C33H26. The monoisotopic (exact) mass is 422 g/mol. The Balaban J connectivity index is 1.83. The molecule has 0 amide bonds. The van der Waals surface area contributed by atoms with Crippen molar-refractivity contribution in [2.75, 3.05) is 0 Å². The number of rotatable bonds is 3. The van der Waals surface area contributed by atoms with E-state index in [1.807, 2.05) is 0 Å². The normalized spacial score (nSPS) is 12.0. The summed E-state index contributed by atoms with van der Waals surface area (Å²) in [6.45, 7) is 6.43. The molecular weight excluding hydrogens is 396 g/mol. The van der Waals surface area contributed by atoms with E-state index in [9.17, 15) is 0 Å². The quantitative estimate of drug-likeness (QED) is 0.249. The van der Waals surface area contributed by atoms with E-state index >= 15 is 0 Å². The lowest BCUT2D eigenvalue weighted by atomic mass is 9.84. The van der Waals surface area contributed by atoms with Crippen LogP contribution in [0.2, 0.25) is 0 Å². The first kappa shape index (κ1) is 19.8. The summed E-state index contributed by atoms with van der Waals surface area (Å²) in [5, 5.41) is 7.99. The van der Waals surface area contributed by atoms with Gasteiger partial charge in [-0.3, -0.25) is 0 Å². The maximum absolute atomic E-state index is 2.40. The number of hydrogen-bond donors (Lipinski definition) is 0. The highest BCUT2D eigenvalue weighted by molar-refractivity contribution is 6.29. The summed E-state index contributed by atoms with van der Waals surface area (Å²) in [5.74, 6) is 0. The number of aryl methyl sites for hydroxylation is 2. The molecule has 33 heavy (non-hydrogen) atoms. The van der Waals surface area contributed by atoms with E-state index in [0.29, 0.717) is 0 Å². The van der Waals surface area contributed by atoms with Crippen LogP contribution in [0.4, 0.5) is 0 Å². The molecule has 0 N–H and O–H groups in total. The van der Waals surface area contributed by atoms with Gasteiger partial charge in [-0.25, -0.2) is 0 Å². The molecule has 0 unspecified atom stereocenters.